The highest BCUT2D eigenvalue weighted by molar-refractivity contribution is 8.00. The summed E-state index contributed by atoms with van der Waals surface area (Å²) in [5.74, 6) is 0.428. The number of thioether (sulfide) groups is 1. The molecule has 0 aromatic heterocycles. The summed E-state index contributed by atoms with van der Waals surface area (Å²) in [6.45, 7) is 8.29. The molecule has 0 saturated carbocycles. The average Bonchev–Trinajstić information content (AvgIpc) is 2.49. The van der Waals surface area contributed by atoms with Crippen LogP contribution in [0.2, 0.25) is 0 Å². The SMILES string of the molecule is Cc1ccccc1SC(C)C(=O)Nc1ccccc1C(C)C. The summed E-state index contributed by atoms with van der Waals surface area (Å²) < 4.78 is 0. The van der Waals surface area contributed by atoms with Gasteiger partial charge in [-0.05, 0) is 43.0 Å². The van der Waals surface area contributed by atoms with Crippen LogP contribution in [0.1, 0.15) is 37.8 Å². The van der Waals surface area contributed by atoms with Crippen LogP contribution in [-0.4, -0.2) is 11.2 Å². The van der Waals surface area contributed by atoms with Gasteiger partial charge in [0.15, 0.2) is 0 Å². The first-order chi connectivity index (χ1) is 10.5. The molecule has 3 heteroatoms. The first kappa shape index (κ1) is 16.6. The highest BCUT2D eigenvalue weighted by Gasteiger charge is 2.17. The van der Waals surface area contributed by atoms with E-state index in [1.807, 2.05) is 37.3 Å². The van der Waals surface area contributed by atoms with Gasteiger partial charge in [0.2, 0.25) is 5.91 Å². The number of anilines is 1. The van der Waals surface area contributed by atoms with Gasteiger partial charge in [-0.15, -0.1) is 11.8 Å². The molecular formula is C19H23NOS. The molecule has 2 aromatic carbocycles. The summed E-state index contributed by atoms with van der Waals surface area (Å²) >= 11 is 1.60. The van der Waals surface area contributed by atoms with Crippen LogP contribution in [-0.2, 0) is 4.79 Å². The van der Waals surface area contributed by atoms with Crippen LogP contribution >= 0.6 is 11.8 Å². The number of para-hydroxylation sites is 1. The molecule has 116 valence electrons. The maximum Gasteiger partial charge on any atom is 0.237 e. The maximum atomic E-state index is 12.5. The van der Waals surface area contributed by atoms with E-state index in [0.29, 0.717) is 5.92 Å². The van der Waals surface area contributed by atoms with E-state index >= 15 is 0 Å². The topological polar surface area (TPSA) is 29.1 Å². The normalized spacial score (nSPS) is 12.2. The lowest BCUT2D eigenvalue weighted by atomic mass is 10.0. The number of aryl methyl sites for hydroxylation is 1. The predicted molar refractivity (Wildman–Crippen MR) is 95.7 cm³/mol. The highest BCUT2D eigenvalue weighted by atomic mass is 32.2. The third-order valence-corrected chi connectivity index (χ3v) is 4.89. The van der Waals surface area contributed by atoms with E-state index in [4.69, 9.17) is 0 Å². The molecule has 0 saturated heterocycles. The number of carbonyl (C=O) groups is 1. The monoisotopic (exact) mass is 313 g/mol. The van der Waals surface area contributed by atoms with Crippen molar-refractivity contribution in [2.45, 2.75) is 43.8 Å². The van der Waals surface area contributed by atoms with Crippen LogP contribution in [0.4, 0.5) is 5.69 Å². The van der Waals surface area contributed by atoms with E-state index in [-0.39, 0.29) is 11.2 Å². The van der Waals surface area contributed by atoms with Gasteiger partial charge in [0.25, 0.3) is 0 Å². The Hall–Kier alpha value is -1.74. The van der Waals surface area contributed by atoms with Crippen LogP contribution in [0.3, 0.4) is 0 Å². The third-order valence-electron chi connectivity index (χ3n) is 3.61. The number of amides is 1. The molecule has 0 aliphatic carbocycles. The number of benzene rings is 2. The Kier molecular flexibility index (Phi) is 5.67. The number of carbonyl (C=O) groups excluding carboxylic acids is 1. The van der Waals surface area contributed by atoms with Crippen molar-refractivity contribution >= 4 is 23.4 Å². The molecule has 0 spiro atoms. The number of nitrogens with one attached hydrogen (secondary N) is 1. The van der Waals surface area contributed by atoms with E-state index in [0.717, 1.165) is 10.6 Å². The summed E-state index contributed by atoms with van der Waals surface area (Å²) in [7, 11) is 0. The second kappa shape index (κ2) is 7.50. The summed E-state index contributed by atoms with van der Waals surface area (Å²) in [6.07, 6.45) is 0. The molecule has 1 atom stereocenters. The van der Waals surface area contributed by atoms with E-state index in [2.05, 4.69) is 44.3 Å². The minimum absolute atomic E-state index is 0.0429. The molecule has 0 radical (unpaired) electrons. The lowest BCUT2D eigenvalue weighted by molar-refractivity contribution is -0.115. The second-order valence-corrected chi connectivity index (χ2v) is 7.14. The van der Waals surface area contributed by atoms with E-state index < -0.39 is 0 Å². The summed E-state index contributed by atoms with van der Waals surface area (Å²) in [6, 6.07) is 16.2. The molecule has 0 aliphatic rings. The zero-order valence-electron chi connectivity index (χ0n) is 13.6. The van der Waals surface area contributed by atoms with Crippen molar-refractivity contribution in [1.29, 1.82) is 0 Å². The molecular weight excluding hydrogens is 290 g/mol. The van der Waals surface area contributed by atoms with Crippen molar-refractivity contribution in [2.75, 3.05) is 5.32 Å². The summed E-state index contributed by atoms with van der Waals surface area (Å²) in [5, 5.41) is 2.93. The van der Waals surface area contributed by atoms with Gasteiger partial charge in [0.05, 0.1) is 5.25 Å². The molecule has 0 fully saturated rings. The number of hydrogen-bond donors (Lipinski definition) is 1. The van der Waals surface area contributed by atoms with E-state index in [1.165, 1.54) is 11.1 Å². The zero-order chi connectivity index (χ0) is 16.1. The first-order valence-corrected chi connectivity index (χ1v) is 8.49. The van der Waals surface area contributed by atoms with Gasteiger partial charge in [0.1, 0.15) is 0 Å². The maximum absolute atomic E-state index is 12.5. The minimum atomic E-state index is -0.138. The Labute approximate surface area is 137 Å². The van der Waals surface area contributed by atoms with Crippen LogP contribution in [0.15, 0.2) is 53.4 Å². The lowest BCUT2D eigenvalue weighted by Gasteiger charge is -2.17. The Balaban J connectivity index is 2.08. The van der Waals surface area contributed by atoms with Gasteiger partial charge in [-0.25, -0.2) is 0 Å². The van der Waals surface area contributed by atoms with E-state index in [9.17, 15) is 4.79 Å². The first-order valence-electron chi connectivity index (χ1n) is 7.61. The van der Waals surface area contributed by atoms with Crippen molar-refractivity contribution < 1.29 is 4.79 Å². The molecule has 1 unspecified atom stereocenters. The summed E-state index contributed by atoms with van der Waals surface area (Å²) in [5.41, 5.74) is 3.29. The minimum Gasteiger partial charge on any atom is -0.325 e. The molecule has 2 aromatic rings. The van der Waals surface area contributed by atoms with Crippen LogP contribution in [0.5, 0.6) is 0 Å². The van der Waals surface area contributed by atoms with Crippen LogP contribution in [0.25, 0.3) is 0 Å². The number of rotatable bonds is 5. The van der Waals surface area contributed by atoms with Gasteiger partial charge in [-0.3, -0.25) is 4.79 Å². The van der Waals surface area contributed by atoms with Gasteiger partial charge < -0.3 is 5.32 Å². The van der Waals surface area contributed by atoms with Gasteiger partial charge in [-0.2, -0.15) is 0 Å². The molecule has 0 heterocycles. The molecule has 1 N–H and O–H groups in total. The van der Waals surface area contributed by atoms with Crippen molar-refractivity contribution in [3.63, 3.8) is 0 Å². The largest absolute Gasteiger partial charge is 0.325 e. The highest BCUT2D eigenvalue weighted by Crippen LogP contribution is 2.28. The fourth-order valence-corrected chi connectivity index (χ4v) is 3.24. The zero-order valence-corrected chi connectivity index (χ0v) is 14.4. The Bertz CT molecular complexity index is 651. The predicted octanol–water partition coefficient (Wildman–Crippen LogP) is 5.24. The molecule has 22 heavy (non-hydrogen) atoms. The molecule has 0 aliphatic heterocycles. The van der Waals surface area contributed by atoms with Crippen molar-refractivity contribution in [3.8, 4) is 0 Å². The van der Waals surface area contributed by atoms with Crippen molar-refractivity contribution in [1.82, 2.24) is 0 Å². The van der Waals surface area contributed by atoms with E-state index in [1.54, 1.807) is 11.8 Å². The van der Waals surface area contributed by atoms with Gasteiger partial charge in [-0.1, -0.05) is 50.2 Å². The fourth-order valence-electron chi connectivity index (χ4n) is 2.28. The van der Waals surface area contributed by atoms with Gasteiger partial charge >= 0.3 is 0 Å². The smallest absolute Gasteiger partial charge is 0.237 e. The third kappa shape index (κ3) is 4.14. The fraction of sp³-hybridized carbons (Fsp3) is 0.316. The number of hydrogen-bond acceptors (Lipinski definition) is 2. The molecule has 2 rings (SSSR count). The van der Waals surface area contributed by atoms with Crippen molar-refractivity contribution in [2.24, 2.45) is 0 Å². The van der Waals surface area contributed by atoms with Gasteiger partial charge in [0, 0.05) is 10.6 Å². The average molecular weight is 313 g/mol. The molecule has 0 bridgehead atoms. The Morgan fingerprint density at radius 1 is 1.00 bits per heavy atom. The lowest BCUT2D eigenvalue weighted by Crippen LogP contribution is -2.23. The molecule has 1 amide bonds. The quantitative estimate of drug-likeness (QED) is 0.765. The Morgan fingerprint density at radius 2 is 1.64 bits per heavy atom. The second-order valence-electron chi connectivity index (χ2n) is 5.76. The Morgan fingerprint density at radius 3 is 2.32 bits per heavy atom. The standard InChI is InChI=1S/C19H23NOS/c1-13(2)16-10-6-7-11-17(16)20-19(21)15(4)22-18-12-8-5-9-14(18)3/h5-13,15H,1-4H3,(H,20,21). The van der Waals surface area contributed by atoms with Crippen LogP contribution < -0.4 is 5.32 Å². The summed E-state index contributed by atoms with van der Waals surface area (Å²) in [4.78, 5) is 13.6. The molecule has 2 nitrogen and oxygen atoms in total. The van der Waals surface area contributed by atoms with Crippen molar-refractivity contribution in [3.05, 3.63) is 59.7 Å². The van der Waals surface area contributed by atoms with Crippen LogP contribution in [0, 0.1) is 6.92 Å².